The van der Waals surface area contributed by atoms with Crippen LogP contribution < -0.4 is 0 Å². The Balaban J connectivity index is 1.50. The molecule has 0 aromatic heterocycles. The van der Waals surface area contributed by atoms with Crippen LogP contribution in [0.15, 0.2) is 0 Å². The molecule has 0 spiro atoms. The molecule has 0 bridgehead atoms. The highest BCUT2D eigenvalue weighted by molar-refractivity contribution is 5.76. The van der Waals surface area contributed by atoms with E-state index in [1.165, 1.54) is 58.0 Å². The Morgan fingerprint density at radius 3 is 2.38 bits per heavy atom. The Labute approximate surface area is 147 Å². The fourth-order valence-corrected chi connectivity index (χ4v) is 4.73. The molecule has 1 amide bonds. The van der Waals surface area contributed by atoms with E-state index in [1.54, 1.807) is 0 Å². The maximum Gasteiger partial charge on any atom is 0.223 e. The maximum absolute atomic E-state index is 13.0. The molecule has 1 saturated carbocycles. The third-order valence-corrected chi connectivity index (χ3v) is 6.21. The number of likely N-dealkylation sites (tertiary alicyclic amines) is 1. The normalized spacial score (nSPS) is 24.3. The van der Waals surface area contributed by atoms with Crippen molar-refractivity contribution >= 4 is 5.91 Å². The van der Waals surface area contributed by atoms with Crippen LogP contribution >= 0.6 is 0 Å². The predicted molar refractivity (Wildman–Crippen MR) is 97.0 cm³/mol. The summed E-state index contributed by atoms with van der Waals surface area (Å²) in [5.41, 5.74) is 0. The van der Waals surface area contributed by atoms with Gasteiger partial charge < -0.3 is 14.5 Å². The number of hydrogen-bond donors (Lipinski definition) is 0. The lowest BCUT2D eigenvalue weighted by Gasteiger charge is -2.36. The van der Waals surface area contributed by atoms with E-state index >= 15 is 0 Å². The van der Waals surface area contributed by atoms with Gasteiger partial charge in [0.25, 0.3) is 0 Å². The van der Waals surface area contributed by atoms with Crippen molar-refractivity contribution in [2.24, 2.45) is 5.92 Å². The molecule has 3 aliphatic rings. The second kappa shape index (κ2) is 9.76. The van der Waals surface area contributed by atoms with Crippen LogP contribution in [0.4, 0.5) is 0 Å². The molecule has 2 aliphatic heterocycles. The molecule has 0 unspecified atom stereocenters. The zero-order valence-corrected chi connectivity index (χ0v) is 15.4. The van der Waals surface area contributed by atoms with Gasteiger partial charge in [-0.25, -0.2) is 0 Å². The van der Waals surface area contributed by atoms with Gasteiger partial charge in [0.05, 0.1) is 0 Å². The van der Waals surface area contributed by atoms with Gasteiger partial charge in [0.2, 0.25) is 5.91 Å². The first-order valence-corrected chi connectivity index (χ1v) is 10.4. The standard InChI is InChI=1S/C20H36N2O2/c23-20(17-18-7-2-1-3-8-18)22(19-9-15-24-16-10-19)14-6-13-21-11-4-5-12-21/h18-19H,1-17H2. The van der Waals surface area contributed by atoms with Crippen molar-refractivity contribution in [3.8, 4) is 0 Å². The van der Waals surface area contributed by atoms with E-state index in [9.17, 15) is 4.79 Å². The summed E-state index contributed by atoms with van der Waals surface area (Å²) in [6, 6.07) is 0.424. The van der Waals surface area contributed by atoms with Crippen molar-refractivity contribution in [2.75, 3.05) is 39.4 Å². The minimum atomic E-state index is 0.424. The van der Waals surface area contributed by atoms with Crippen LogP contribution in [0, 0.1) is 5.92 Å². The molecule has 4 nitrogen and oxygen atoms in total. The van der Waals surface area contributed by atoms with E-state index in [2.05, 4.69) is 9.80 Å². The van der Waals surface area contributed by atoms with Crippen LogP contribution in [0.1, 0.15) is 70.6 Å². The Morgan fingerprint density at radius 2 is 1.67 bits per heavy atom. The number of carbonyl (C=O) groups excluding carboxylic acids is 1. The van der Waals surface area contributed by atoms with Gasteiger partial charge >= 0.3 is 0 Å². The SMILES string of the molecule is O=C(CC1CCCCC1)N(CCCN1CCCC1)C1CCOCC1. The first-order valence-electron chi connectivity index (χ1n) is 10.4. The molecule has 0 aromatic rings. The number of nitrogens with zero attached hydrogens (tertiary/aromatic N) is 2. The summed E-state index contributed by atoms with van der Waals surface area (Å²) in [6.07, 6.45) is 13.2. The molecule has 3 rings (SSSR count). The summed E-state index contributed by atoms with van der Waals surface area (Å²) in [4.78, 5) is 17.8. The van der Waals surface area contributed by atoms with Crippen molar-refractivity contribution in [1.82, 2.24) is 9.80 Å². The number of carbonyl (C=O) groups is 1. The molecule has 2 heterocycles. The number of rotatable bonds is 7. The van der Waals surface area contributed by atoms with Crippen LogP contribution in [0.5, 0.6) is 0 Å². The zero-order chi connectivity index (χ0) is 16.6. The van der Waals surface area contributed by atoms with E-state index in [4.69, 9.17) is 4.74 Å². The van der Waals surface area contributed by atoms with Crippen molar-refractivity contribution in [2.45, 2.75) is 76.7 Å². The number of ether oxygens (including phenoxy) is 1. The quantitative estimate of drug-likeness (QED) is 0.714. The Hall–Kier alpha value is -0.610. The minimum Gasteiger partial charge on any atom is -0.381 e. The van der Waals surface area contributed by atoms with Crippen molar-refractivity contribution in [3.05, 3.63) is 0 Å². The third kappa shape index (κ3) is 5.45. The van der Waals surface area contributed by atoms with Gasteiger partial charge in [-0.1, -0.05) is 19.3 Å². The van der Waals surface area contributed by atoms with Gasteiger partial charge in [-0.3, -0.25) is 4.79 Å². The maximum atomic E-state index is 13.0. The smallest absolute Gasteiger partial charge is 0.223 e. The second-order valence-electron chi connectivity index (χ2n) is 8.04. The van der Waals surface area contributed by atoms with Gasteiger partial charge in [0.1, 0.15) is 0 Å². The lowest BCUT2D eigenvalue weighted by atomic mass is 9.86. The number of hydrogen-bond acceptors (Lipinski definition) is 3. The van der Waals surface area contributed by atoms with Crippen molar-refractivity contribution in [3.63, 3.8) is 0 Å². The van der Waals surface area contributed by atoms with Gasteiger partial charge in [-0.05, 0) is 70.5 Å². The monoisotopic (exact) mass is 336 g/mol. The van der Waals surface area contributed by atoms with E-state index in [-0.39, 0.29) is 0 Å². The highest BCUT2D eigenvalue weighted by Crippen LogP contribution is 2.28. The largest absolute Gasteiger partial charge is 0.381 e. The van der Waals surface area contributed by atoms with Crippen LogP contribution in [0.25, 0.3) is 0 Å². The molecule has 2 saturated heterocycles. The topological polar surface area (TPSA) is 32.8 Å². The van der Waals surface area contributed by atoms with E-state index < -0.39 is 0 Å². The van der Waals surface area contributed by atoms with Crippen molar-refractivity contribution in [1.29, 1.82) is 0 Å². The molecule has 0 atom stereocenters. The highest BCUT2D eigenvalue weighted by atomic mass is 16.5. The second-order valence-corrected chi connectivity index (χ2v) is 8.04. The van der Waals surface area contributed by atoms with Gasteiger partial charge in [-0.15, -0.1) is 0 Å². The fourth-order valence-electron chi connectivity index (χ4n) is 4.73. The van der Waals surface area contributed by atoms with Gasteiger partial charge in [0, 0.05) is 32.2 Å². The summed E-state index contributed by atoms with van der Waals surface area (Å²) in [5, 5.41) is 0. The molecular weight excluding hydrogens is 300 g/mol. The van der Waals surface area contributed by atoms with E-state index in [0.29, 0.717) is 17.9 Å². The summed E-state index contributed by atoms with van der Waals surface area (Å²) in [5.74, 6) is 1.07. The number of amides is 1. The molecule has 0 aromatic carbocycles. The molecule has 3 fully saturated rings. The van der Waals surface area contributed by atoms with Gasteiger partial charge in [-0.2, -0.15) is 0 Å². The van der Waals surface area contributed by atoms with Crippen LogP contribution in [-0.2, 0) is 9.53 Å². The first kappa shape index (κ1) is 18.2. The lowest BCUT2D eigenvalue weighted by Crippen LogP contribution is -2.45. The third-order valence-electron chi connectivity index (χ3n) is 6.21. The molecule has 138 valence electrons. The van der Waals surface area contributed by atoms with Crippen LogP contribution in [0.3, 0.4) is 0 Å². The first-order chi connectivity index (χ1) is 11.8. The Kier molecular flexibility index (Phi) is 7.40. The average Bonchev–Trinajstić information content (AvgIpc) is 3.14. The molecule has 1 aliphatic carbocycles. The minimum absolute atomic E-state index is 0.424. The molecular formula is C20H36N2O2. The fraction of sp³-hybridized carbons (Fsp3) is 0.950. The van der Waals surface area contributed by atoms with Crippen molar-refractivity contribution < 1.29 is 9.53 Å². The summed E-state index contributed by atoms with van der Waals surface area (Å²) < 4.78 is 5.52. The molecule has 0 radical (unpaired) electrons. The summed E-state index contributed by atoms with van der Waals surface area (Å²) >= 11 is 0. The highest BCUT2D eigenvalue weighted by Gasteiger charge is 2.28. The Morgan fingerprint density at radius 1 is 0.958 bits per heavy atom. The zero-order valence-electron chi connectivity index (χ0n) is 15.4. The molecule has 0 N–H and O–H groups in total. The van der Waals surface area contributed by atoms with Crippen LogP contribution in [0.2, 0.25) is 0 Å². The van der Waals surface area contributed by atoms with Gasteiger partial charge in [0.15, 0.2) is 0 Å². The molecule has 4 heteroatoms. The summed E-state index contributed by atoms with van der Waals surface area (Å²) in [6.45, 7) is 6.28. The summed E-state index contributed by atoms with van der Waals surface area (Å²) in [7, 11) is 0. The lowest BCUT2D eigenvalue weighted by molar-refractivity contribution is -0.136. The van der Waals surface area contributed by atoms with E-state index in [1.807, 2.05) is 0 Å². The van der Waals surface area contributed by atoms with E-state index in [0.717, 1.165) is 52.0 Å². The predicted octanol–water partition coefficient (Wildman–Crippen LogP) is 3.45. The van der Waals surface area contributed by atoms with Crippen LogP contribution in [-0.4, -0.2) is 61.1 Å². The average molecular weight is 337 g/mol. The molecule has 24 heavy (non-hydrogen) atoms. The Bertz CT molecular complexity index is 370.